The first-order valence-corrected chi connectivity index (χ1v) is 7.73. The molecule has 23 heavy (non-hydrogen) atoms. The van der Waals surface area contributed by atoms with Crippen LogP contribution < -0.4 is 16.4 Å². The van der Waals surface area contributed by atoms with E-state index in [1.54, 1.807) is 12.1 Å². The first-order chi connectivity index (χ1) is 10.4. The van der Waals surface area contributed by atoms with Crippen molar-refractivity contribution >= 4 is 24.2 Å². The van der Waals surface area contributed by atoms with Crippen LogP contribution in [0.1, 0.15) is 44.0 Å². The monoisotopic (exact) mass is 341 g/mol. The number of amides is 2. The molecule has 0 bridgehead atoms. The predicted octanol–water partition coefficient (Wildman–Crippen LogP) is 2.11. The van der Waals surface area contributed by atoms with E-state index in [-0.39, 0.29) is 35.7 Å². The molecule has 0 spiro atoms. The van der Waals surface area contributed by atoms with E-state index in [0.29, 0.717) is 31.5 Å². The van der Waals surface area contributed by atoms with E-state index in [1.165, 1.54) is 0 Å². The molecule has 0 aliphatic rings. The highest BCUT2D eigenvalue weighted by Gasteiger charge is 2.28. The van der Waals surface area contributed by atoms with E-state index in [9.17, 15) is 9.59 Å². The van der Waals surface area contributed by atoms with Gasteiger partial charge in [-0.05, 0) is 31.4 Å². The summed E-state index contributed by atoms with van der Waals surface area (Å²) in [5, 5.41) is 5.80. The standard InChI is InChI=1S/C17H27N3O2.ClH/c1-13(2)17(3,12-18)20-15(21)10-7-11-19-16(22)14-8-5-4-6-9-14;/h4-6,8-9,13H,7,10-12,18H2,1-3H3,(H,19,22)(H,20,21);1H. The van der Waals surface area contributed by atoms with Crippen LogP contribution in [0, 0.1) is 5.92 Å². The number of halogens is 1. The van der Waals surface area contributed by atoms with Gasteiger partial charge in [0.05, 0.1) is 5.54 Å². The van der Waals surface area contributed by atoms with Gasteiger partial charge in [-0.1, -0.05) is 32.0 Å². The van der Waals surface area contributed by atoms with Gasteiger partial charge in [0.1, 0.15) is 0 Å². The smallest absolute Gasteiger partial charge is 0.251 e. The molecule has 1 rings (SSSR count). The van der Waals surface area contributed by atoms with Gasteiger partial charge in [-0.15, -0.1) is 12.4 Å². The van der Waals surface area contributed by atoms with Crippen molar-refractivity contribution in [2.24, 2.45) is 11.7 Å². The van der Waals surface area contributed by atoms with Gasteiger partial charge in [0.15, 0.2) is 0 Å². The zero-order chi connectivity index (χ0) is 16.6. The van der Waals surface area contributed by atoms with E-state index in [0.717, 1.165) is 0 Å². The van der Waals surface area contributed by atoms with Crippen molar-refractivity contribution in [3.63, 3.8) is 0 Å². The Balaban J connectivity index is 0.00000484. The van der Waals surface area contributed by atoms with Crippen LogP contribution in [-0.2, 0) is 4.79 Å². The third kappa shape index (κ3) is 7.01. The summed E-state index contributed by atoms with van der Waals surface area (Å²) in [6.45, 7) is 6.90. The fourth-order valence-corrected chi connectivity index (χ4v) is 1.95. The first-order valence-electron chi connectivity index (χ1n) is 7.73. The summed E-state index contributed by atoms with van der Waals surface area (Å²) in [7, 11) is 0. The molecule has 0 aromatic heterocycles. The molecule has 0 heterocycles. The molecule has 2 amide bonds. The highest BCUT2D eigenvalue weighted by molar-refractivity contribution is 5.94. The van der Waals surface area contributed by atoms with E-state index in [1.807, 2.05) is 39.0 Å². The highest BCUT2D eigenvalue weighted by atomic mass is 35.5. The molecule has 1 unspecified atom stereocenters. The van der Waals surface area contributed by atoms with Gasteiger partial charge in [-0.25, -0.2) is 0 Å². The van der Waals surface area contributed by atoms with Gasteiger partial charge in [0.25, 0.3) is 5.91 Å². The fourth-order valence-electron chi connectivity index (χ4n) is 1.95. The summed E-state index contributed by atoms with van der Waals surface area (Å²) in [5.41, 5.74) is 5.99. The molecule has 1 aromatic carbocycles. The van der Waals surface area contributed by atoms with Crippen molar-refractivity contribution in [3.8, 4) is 0 Å². The number of carbonyl (C=O) groups is 2. The Labute approximate surface area is 144 Å². The summed E-state index contributed by atoms with van der Waals surface area (Å²) in [6, 6.07) is 9.03. The van der Waals surface area contributed by atoms with Crippen molar-refractivity contribution in [1.29, 1.82) is 0 Å². The van der Waals surface area contributed by atoms with E-state index < -0.39 is 0 Å². The summed E-state index contributed by atoms with van der Waals surface area (Å²) in [5.74, 6) is 0.116. The lowest BCUT2D eigenvalue weighted by Gasteiger charge is -2.33. The van der Waals surface area contributed by atoms with Crippen LogP contribution in [-0.4, -0.2) is 30.4 Å². The zero-order valence-electron chi connectivity index (χ0n) is 14.1. The minimum atomic E-state index is -0.385. The fraction of sp³-hybridized carbons (Fsp3) is 0.529. The SMILES string of the molecule is CC(C)C(C)(CN)NC(=O)CCCNC(=O)c1ccccc1.Cl. The minimum absolute atomic E-state index is 0. The van der Waals surface area contributed by atoms with Gasteiger partial charge in [0.2, 0.25) is 5.91 Å². The lowest BCUT2D eigenvalue weighted by Crippen LogP contribution is -2.55. The van der Waals surface area contributed by atoms with E-state index in [2.05, 4.69) is 10.6 Å². The Morgan fingerprint density at radius 3 is 2.35 bits per heavy atom. The second-order valence-electron chi connectivity index (χ2n) is 6.05. The van der Waals surface area contributed by atoms with Crippen molar-refractivity contribution in [3.05, 3.63) is 35.9 Å². The number of hydrogen-bond acceptors (Lipinski definition) is 3. The third-order valence-electron chi connectivity index (χ3n) is 4.03. The average molecular weight is 342 g/mol. The molecule has 5 nitrogen and oxygen atoms in total. The molecule has 0 radical (unpaired) electrons. The number of carbonyl (C=O) groups excluding carboxylic acids is 2. The largest absolute Gasteiger partial charge is 0.352 e. The number of nitrogens with one attached hydrogen (secondary N) is 2. The maximum absolute atomic E-state index is 12.0. The maximum atomic E-state index is 12.0. The van der Waals surface area contributed by atoms with Crippen LogP contribution in [0.3, 0.4) is 0 Å². The second-order valence-corrected chi connectivity index (χ2v) is 6.05. The molecular weight excluding hydrogens is 314 g/mol. The molecular formula is C17H28ClN3O2. The Morgan fingerprint density at radius 2 is 1.83 bits per heavy atom. The number of rotatable bonds is 8. The molecule has 4 N–H and O–H groups in total. The van der Waals surface area contributed by atoms with Gasteiger partial charge < -0.3 is 16.4 Å². The number of hydrogen-bond donors (Lipinski definition) is 3. The summed E-state index contributed by atoms with van der Waals surface area (Å²) in [4.78, 5) is 23.8. The predicted molar refractivity (Wildman–Crippen MR) is 95.7 cm³/mol. The first kappa shape index (κ1) is 21.4. The molecule has 0 aliphatic heterocycles. The molecule has 0 fully saturated rings. The Bertz CT molecular complexity index is 494. The second kappa shape index (κ2) is 10.2. The highest BCUT2D eigenvalue weighted by Crippen LogP contribution is 2.14. The van der Waals surface area contributed by atoms with Crippen LogP contribution in [0.5, 0.6) is 0 Å². The van der Waals surface area contributed by atoms with Crippen molar-refractivity contribution in [1.82, 2.24) is 10.6 Å². The zero-order valence-corrected chi connectivity index (χ0v) is 14.9. The summed E-state index contributed by atoms with van der Waals surface area (Å²) >= 11 is 0. The van der Waals surface area contributed by atoms with Crippen molar-refractivity contribution < 1.29 is 9.59 Å². The third-order valence-corrected chi connectivity index (χ3v) is 4.03. The molecule has 1 atom stereocenters. The van der Waals surface area contributed by atoms with Gasteiger partial charge in [0, 0.05) is 25.1 Å². The minimum Gasteiger partial charge on any atom is -0.352 e. The quantitative estimate of drug-likeness (QED) is 0.633. The van der Waals surface area contributed by atoms with Gasteiger partial charge >= 0.3 is 0 Å². The van der Waals surface area contributed by atoms with Crippen LogP contribution in [0.2, 0.25) is 0 Å². The molecule has 0 aliphatic carbocycles. The lowest BCUT2D eigenvalue weighted by molar-refractivity contribution is -0.123. The average Bonchev–Trinajstić information content (AvgIpc) is 2.51. The summed E-state index contributed by atoms with van der Waals surface area (Å²) < 4.78 is 0. The number of nitrogens with two attached hydrogens (primary N) is 1. The summed E-state index contributed by atoms with van der Waals surface area (Å²) in [6.07, 6.45) is 0.973. The van der Waals surface area contributed by atoms with Crippen LogP contribution in [0.15, 0.2) is 30.3 Å². The molecule has 130 valence electrons. The molecule has 6 heteroatoms. The van der Waals surface area contributed by atoms with Crippen molar-refractivity contribution in [2.45, 2.75) is 39.2 Å². The van der Waals surface area contributed by atoms with Crippen LogP contribution in [0.25, 0.3) is 0 Å². The maximum Gasteiger partial charge on any atom is 0.251 e. The Hall–Kier alpha value is -1.59. The van der Waals surface area contributed by atoms with E-state index >= 15 is 0 Å². The lowest BCUT2D eigenvalue weighted by atomic mass is 9.88. The van der Waals surface area contributed by atoms with Crippen LogP contribution in [0.4, 0.5) is 0 Å². The normalized spacial score (nSPS) is 12.9. The molecule has 0 saturated heterocycles. The van der Waals surface area contributed by atoms with E-state index in [4.69, 9.17) is 5.73 Å². The molecule has 0 saturated carbocycles. The Morgan fingerprint density at radius 1 is 1.22 bits per heavy atom. The Kier molecular flexibility index (Phi) is 9.53. The number of benzene rings is 1. The van der Waals surface area contributed by atoms with Gasteiger partial charge in [-0.2, -0.15) is 0 Å². The molecule has 1 aromatic rings. The van der Waals surface area contributed by atoms with Crippen LogP contribution >= 0.6 is 12.4 Å². The van der Waals surface area contributed by atoms with Gasteiger partial charge in [-0.3, -0.25) is 9.59 Å². The van der Waals surface area contributed by atoms with Crippen molar-refractivity contribution in [2.75, 3.05) is 13.1 Å². The topological polar surface area (TPSA) is 84.2 Å².